The van der Waals surface area contributed by atoms with Gasteiger partial charge >= 0.3 is 5.97 Å². The molecular weight excluding hydrogens is 288 g/mol. The van der Waals surface area contributed by atoms with Crippen molar-refractivity contribution in [3.63, 3.8) is 0 Å². The van der Waals surface area contributed by atoms with Crippen molar-refractivity contribution in [3.05, 3.63) is 35.8 Å². The van der Waals surface area contributed by atoms with E-state index in [-0.39, 0.29) is 22.9 Å². The van der Waals surface area contributed by atoms with Gasteiger partial charge in [-0.3, -0.25) is 4.79 Å². The molecule has 1 aromatic heterocycles. The average molecular weight is 314 g/mol. The Morgan fingerprint density at radius 1 is 1.39 bits per heavy atom. The number of hydrogen-bond donors (Lipinski definition) is 0. The molecule has 0 N–H and O–H groups in total. The monoisotopic (exact) mass is 314 g/mol. The molecule has 2 fully saturated rings. The first-order chi connectivity index (χ1) is 11.0. The van der Waals surface area contributed by atoms with Crippen LogP contribution in [0.3, 0.4) is 0 Å². The summed E-state index contributed by atoms with van der Waals surface area (Å²) in [5, 5.41) is 0. The lowest BCUT2D eigenvalue weighted by Gasteiger charge is -2.54. The van der Waals surface area contributed by atoms with Gasteiger partial charge in [0.15, 0.2) is 0 Å². The van der Waals surface area contributed by atoms with Gasteiger partial charge < -0.3 is 9.15 Å². The topological polar surface area (TPSA) is 39.4 Å². The van der Waals surface area contributed by atoms with Gasteiger partial charge in [-0.1, -0.05) is 25.5 Å². The van der Waals surface area contributed by atoms with E-state index in [0.29, 0.717) is 11.8 Å². The van der Waals surface area contributed by atoms with Crippen LogP contribution in [0.15, 0.2) is 34.7 Å². The normalized spacial score (nSPS) is 42.1. The number of esters is 1. The minimum absolute atomic E-state index is 0.0573. The van der Waals surface area contributed by atoms with Crippen molar-refractivity contribution < 1.29 is 13.9 Å². The number of rotatable bonds is 3. The molecule has 23 heavy (non-hydrogen) atoms. The highest BCUT2D eigenvalue weighted by molar-refractivity contribution is 5.81. The number of carbonyl (C=O) groups is 1. The molecule has 2 aliphatic carbocycles. The molecule has 0 spiro atoms. The van der Waals surface area contributed by atoms with Gasteiger partial charge in [-0.05, 0) is 62.0 Å². The Morgan fingerprint density at radius 3 is 2.96 bits per heavy atom. The number of ether oxygens (including phenoxy) is 1. The molecule has 4 rings (SSSR count). The number of allylic oxidation sites excluding steroid dienone is 2. The van der Waals surface area contributed by atoms with E-state index < -0.39 is 0 Å². The number of furan rings is 1. The lowest BCUT2D eigenvalue weighted by molar-refractivity contribution is -0.151. The Kier molecular flexibility index (Phi) is 3.26. The Morgan fingerprint density at radius 2 is 2.22 bits per heavy atom. The van der Waals surface area contributed by atoms with Gasteiger partial charge in [0.25, 0.3) is 0 Å². The van der Waals surface area contributed by atoms with Crippen LogP contribution in [-0.2, 0) is 16.0 Å². The number of aryl methyl sites for hydroxylation is 1. The Hall–Kier alpha value is -1.51. The molecule has 2 bridgehead atoms. The van der Waals surface area contributed by atoms with Gasteiger partial charge in [-0.15, -0.1) is 0 Å². The van der Waals surface area contributed by atoms with Crippen LogP contribution >= 0.6 is 0 Å². The first kappa shape index (κ1) is 15.0. The van der Waals surface area contributed by atoms with E-state index in [1.165, 1.54) is 11.1 Å². The van der Waals surface area contributed by atoms with Crippen LogP contribution in [0.25, 0.3) is 0 Å². The highest BCUT2D eigenvalue weighted by Gasteiger charge is 2.67. The van der Waals surface area contributed by atoms with Gasteiger partial charge in [0.2, 0.25) is 0 Å². The molecule has 124 valence electrons. The van der Waals surface area contributed by atoms with Gasteiger partial charge in [-0.2, -0.15) is 0 Å². The highest BCUT2D eigenvalue weighted by Crippen LogP contribution is 2.65. The molecule has 0 unspecified atom stereocenters. The summed E-state index contributed by atoms with van der Waals surface area (Å²) >= 11 is 0. The van der Waals surface area contributed by atoms with E-state index in [0.717, 1.165) is 32.1 Å². The second-order valence-electron chi connectivity index (χ2n) is 8.04. The van der Waals surface area contributed by atoms with Crippen molar-refractivity contribution in [3.8, 4) is 0 Å². The first-order valence-corrected chi connectivity index (χ1v) is 8.88. The van der Waals surface area contributed by atoms with E-state index in [2.05, 4.69) is 26.8 Å². The van der Waals surface area contributed by atoms with Crippen LogP contribution in [0.1, 0.15) is 52.0 Å². The number of hydrogen-bond acceptors (Lipinski definition) is 3. The van der Waals surface area contributed by atoms with Crippen LogP contribution in [0.4, 0.5) is 0 Å². The Bertz CT molecular complexity index is 644. The molecular formula is C20H26O3. The fourth-order valence-electron chi connectivity index (χ4n) is 5.68. The van der Waals surface area contributed by atoms with Crippen molar-refractivity contribution in [2.24, 2.45) is 22.7 Å². The van der Waals surface area contributed by atoms with Crippen molar-refractivity contribution >= 4 is 5.97 Å². The van der Waals surface area contributed by atoms with E-state index in [9.17, 15) is 4.79 Å². The van der Waals surface area contributed by atoms with Crippen molar-refractivity contribution in [2.45, 2.75) is 59.0 Å². The standard InChI is InChI=1S/C20H26O3/c1-13-5-4-6-17-19(13,3)11-16-14(2)20(17,18(21)23-16)9-7-15-8-10-22-12-15/h5,8,10,12,14,16-17H,4,6-7,9,11H2,1-3H3/t14-,16-,17-,19+,20+/m0/s1. The van der Waals surface area contributed by atoms with Gasteiger partial charge in [0.05, 0.1) is 17.9 Å². The second-order valence-corrected chi connectivity index (χ2v) is 8.04. The molecule has 2 heterocycles. The predicted molar refractivity (Wildman–Crippen MR) is 87.7 cm³/mol. The summed E-state index contributed by atoms with van der Waals surface area (Å²) in [6.07, 6.45) is 10.9. The largest absolute Gasteiger partial charge is 0.472 e. The Balaban J connectivity index is 1.74. The predicted octanol–water partition coefficient (Wildman–Crippen LogP) is 4.53. The number of fused-ring (bicyclic) bond motifs is 4. The summed E-state index contributed by atoms with van der Waals surface area (Å²) in [5.41, 5.74) is 2.41. The summed E-state index contributed by atoms with van der Waals surface area (Å²) in [7, 11) is 0. The number of carbonyl (C=O) groups excluding carboxylic acids is 1. The quantitative estimate of drug-likeness (QED) is 0.608. The van der Waals surface area contributed by atoms with E-state index in [1.807, 2.05) is 6.07 Å². The highest BCUT2D eigenvalue weighted by atomic mass is 16.6. The minimum atomic E-state index is -0.329. The SMILES string of the molecule is CC1=CCC[C@@H]2[C@]3(CCc4ccoc4)C(=O)O[C@@H](C[C@]12C)[C@@H]3C. The average Bonchev–Trinajstić information content (AvgIpc) is 3.08. The summed E-state index contributed by atoms with van der Waals surface area (Å²) in [6.45, 7) is 6.84. The summed E-state index contributed by atoms with van der Waals surface area (Å²) < 4.78 is 11.1. The smallest absolute Gasteiger partial charge is 0.313 e. The van der Waals surface area contributed by atoms with Crippen LogP contribution in [0.2, 0.25) is 0 Å². The molecule has 1 aromatic rings. The molecule has 3 nitrogen and oxygen atoms in total. The van der Waals surface area contributed by atoms with E-state index >= 15 is 0 Å². The van der Waals surface area contributed by atoms with Crippen LogP contribution in [-0.4, -0.2) is 12.1 Å². The van der Waals surface area contributed by atoms with E-state index in [1.54, 1.807) is 12.5 Å². The lowest BCUT2D eigenvalue weighted by atomic mass is 9.46. The third-order valence-corrected chi connectivity index (χ3v) is 7.24. The van der Waals surface area contributed by atoms with Gasteiger partial charge in [0, 0.05) is 5.92 Å². The molecule has 1 saturated carbocycles. The summed E-state index contributed by atoms with van der Waals surface area (Å²) in [4.78, 5) is 13.0. The summed E-state index contributed by atoms with van der Waals surface area (Å²) in [5.74, 6) is 0.765. The molecule has 0 radical (unpaired) electrons. The molecule has 3 heteroatoms. The third kappa shape index (κ3) is 1.91. The lowest BCUT2D eigenvalue weighted by Crippen LogP contribution is -2.54. The van der Waals surface area contributed by atoms with Crippen LogP contribution < -0.4 is 0 Å². The van der Waals surface area contributed by atoms with Gasteiger partial charge in [-0.25, -0.2) is 0 Å². The molecule has 0 aromatic carbocycles. The van der Waals surface area contributed by atoms with Crippen molar-refractivity contribution in [1.29, 1.82) is 0 Å². The second kappa shape index (κ2) is 4.99. The molecule has 0 amide bonds. The maximum Gasteiger partial charge on any atom is 0.313 e. The molecule has 5 atom stereocenters. The van der Waals surface area contributed by atoms with Crippen LogP contribution in [0.5, 0.6) is 0 Å². The third-order valence-electron chi connectivity index (χ3n) is 7.24. The first-order valence-electron chi connectivity index (χ1n) is 8.88. The fraction of sp³-hybridized carbons (Fsp3) is 0.650. The fourth-order valence-corrected chi connectivity index (χ4v) is 5.68. The van der Waals surface area contributed by atoms with Crippen molar-refractivity contribution in [1.82, 2.24) is 0 Å². The zero-order valence-electron chi connectivity index (χ0n) is 14.3. The minimum Gasteiger partial charge on any atom is -0.472 e. The summed E-state index contributed by atoms with van der Waals surface area (Å²) in [6, 6.07) is 2.01. The molecule has 3 aliphatic rings. The maximum absolute atomic E-state index is 13.0. The zero-order valence-corrected chi connectivity index (χ0v) is 14.3. The van der Waals surface area contributed by atoms with E-state index in [4.69, 9.17) is 9.15 Å². The molecule has 1 aliphatic heterocycles. The molecule has 1 saturated heterocycles. The maximum atomic E-state index is 13.0. The Labute approximate surface area is 138 Å². The van der Waals surface area contributed by atoms with Gasteiger partial charge in [0.1, 0.15) is 6.10 Å². The van der Waals surface area contributed by atoms with Crippen molar-refractivity contribution in [2.75, 3.05) is 0 Å². The van der Waals surface area contributed by atoms with Crippen LogP contribution in [0, 0.1) is 22.7 Å². The zero-order chi connectivity index (χ0) is 16.2.